The molecule has 0 bridgehead atoms. The fourth-order valence-corrected chi connectivity index (χ4v) is 2.37. The summed E-state index contributed by atoms with van der Waals surface area (Å²) in [6.45, 7) is 3.01. The number of carbonyl (C=O) groups excluding carboxylic acids is 2. The van der Waals surface area contributed by atoms with E-state index in [2.05, 4.69) is 10.4 Å². The highest BCUT2D eigenvalue weighted by molar-refractivity contribution is 6.02. The standard InChI is InChI=1S/C18H20N4O5/c1-11(2)22-15(24)9-8-13(21-22)16(20-14(23)10-19-18(26)27)17(25)12-6-4-3-5-7-12/h3-9,11,16,19H,10H2,1-2H3,(H,20,23)(H,26,27). The minimum Gasteiger partial charge on any atom is -0.465 e. The molecule has 0 aliphatic carbocycles. The summed E-state index contributed by atoms with van der Waals surface area (Å²) in [6.07, 6.45) is -1.36. The second-order valence-corrected chi connectivity index (χ2v) is 6.02. The number of carbonyl (C=O) groups is 3. The van der Waals surface area contributed by atoms with Gasteiger partial charge in [-0.05, 0) is 19.9 Å². The number of nitrogens with one attached hydrogen (secondary N) is 2. The minimum absolute atomic E-state index is 0.181. The number of nitrogens with zero attached hydrogens (tertiary/aromatic N) is 2. The molecule has 1 aromatic carbocycles. The first-order chi connectivity index (χ1) is 12.8. The second-order valence-electron chi connectivity index (χ2n) is 6.02. The number of hydrogen-bond acceptors (Lipinski definition) is 5. The number of Topliss-reactive ketones (excluding diaryl/α,β-unsaturated/α-hetero) is 1. The van der Waals surface area contributed by atoms with E-state index in [1.165, 1.54) is 16.8 Å². The Kier molecular flexibility index (Phi) is 6.42. The van der Waals surface area contributed by atoms with E-state index in [0.717, 1.165) is 0 Å². The average Bonchev–Trinajstić information content (AvgIpc) is 2.65. The molecule has 27 heavy (non-hydrogen) atoms. The topological polar surface area (TPSA) is 130 Å². The Labute approximate surface area is 155 Å². The number of hydrogen-bond donors (Lipinski definition) is 3. The van der Waals surface area contributed by atoms with Crippen molar-refractivity contribution in [1.29, 1.82) is 0 Å². The van der Waals surface area contributed by atoms with Crippen LogP contribution in [0.4, 0.5) is 4.79 Å². The lowest BCUT2D eigenvalue weighted by Crippen LogP contribution is -2.41. The molecule has 0 spiro atoms. The Morgan fingerprint density at radius 1 is 1.11 bits per heavy atom. The number of rotatable bonds is 7. The first-order valence-corrected chi connectivity index (χ1v) is 8.24. The van der Waals surface area contributed by atoms with E-state index < -0.39 is 30.4 Å². The molecule has 1 atom stereocenters. The predicted molar refractivity (Wildman–Crippen MR) is 96.6 cm³/mol. The van der Waals surface area contributed by atoms with Crippen LogP contribution in [0, 0.1) is 0 Å². The van der Waals surface area contributed by atoms with Gasteiger partial charge in [-0.2, -0.15) is 5.10 Å². The molecule has 0 saturated heterocycles. The van der Waals surface area contributed by atoms with Gasteiger partial charge in [-0.15, -0.1) is 0 Å². The maximum absolute atomic E-state index is 12.9. The van der Waals surface area contributed by atoms with Gasteiger partial charge in [0.2, 0.25) is 5.91 Å². The Balaban J connectivity index is 2.39. The van der Waals surface area contributed by atoms with Crippen LogP contribution >= 0.6 is 0 Å². The van der Waals surface area contributed by atoms with Gasteiger partial charge in [0.15, 0.2) is 5.78 Å². The van der Waals surface area contributed by atoms with E-state index >= 15 is 0 Å². The highest BCUT2D eigenvalue weighted by Crippen LogP contribution is 2.16. The van der Waals surface area contributed by atoms with E-state index in [1.54, 1.807) is 44.2 Å². The first-order valence-electron chi connectivity index (χ1n) is 8.24. The van der Waals surface area contributed by atoms with Crippen molar-refractivity contribution in [3.63, 3.8) is 0 Å². The van der Waals surface area contributed by atoms with Crippen LogP contribution in [0.3, 0.4) is 0 Å². The molecule has 142 valence electrons. The third kappa shape index (κ3) is 5.24. The van der Waals surface area contributed by atoms with Gasteiger partial charge in [0.05, 0.1) is 11.7 Å². The lowest BCUT2D eigenvalue weighted by molar-refractivity contribution is -0.120. The van der Waals surface area contributed by atoms with Gasteiger partial charge in [-0.3, -0.25) is 14.4 Å². The van der Waals surface area contributed by atoms with Crippen LogP contribution < -0.4 is 16.2 Å². The second kappa shape index (κ2) is 8.75. The van der Waals surface area contributed by atoms with Crippen molar-refractivity contribution in [2.24, 2.45) is 0 Å². The summed E-state index contributed by atoms with van der Waals surface area (Å²) >= 11 is 0. The summed E-state index contributed by atoms with van der Waals surface area (Å²) < 4.78 is 1.21. The Hall–Kier alpha value is -3.49. The Morgan fingerprint density at radius 3 is 2.37 bits per heavy atom. The number of ketones is 1. The van der Waals surface area contributed by atoms with Crippen LogP contribution in [0.5, 0.6) is 0 Å². The van der Waals surface area contributed by atoms with Crippen LogP contribution in [0.15, 0.2) is 47.3 Å². The van der Waals surface area contributed by atoms with E-state index in [9.17, 15) is 19.2 Å². The highest BCUT2D eigenvalue weighted by atomic mass is 16.4. The summed E-state index contributed by atoms with van der Waals surface area (Å²) in [5, 5.41) is 17.2. The van der Waals surface area contributed by atoms with Crippen LogP contribution in [0.25, 0.3) is 0 Å². The number of aromatic nitrogens is 2. The summed E-state index contributed by atoms with van der Waals surface area (Å²) in [5.74, 6) is -1.13. The van der Waals surface area contributed by atoms with Crippen molar-refractivity contribution in [2.75, 3.05) is 6.54 Å². The van der Waals surface area contributed by atoms with Gasteiger partial charge in [-0.25, -0.2) is 9.48 Å². The first kappa shape index (κ1) is 19.8. The van der Waals surface area contributed by atoms with Gasteiger partial charge in [0.1, 0.15) is 12.6 Å². The van der Waals surface area contributed by atoms with Crippen LogP contribution in [0.1, 0.15) is 42.0 Å². The van der Waals surface area contributed by atoms with Crippen molar-refractivity contribution in [3.05, 3.63) is 64.1 Å². The van der Waals surface area contributed by atoms with Gasteiger partial charge in [0.25, 0.3) is 5.56 Å². The zero-order valence-electron chi connectivity index (χ0n) is 14.9. The molecule has 2 amide bonds. The van der Waals surface area contributed by atoms with Gasteiger partial charge >= 0.3 is 6.09 Å². The van der Waals surface area contributed by atoms with E-state index in [4.69, 9.17) is 5.11 Å². The van der Waals surface area contributed by atoms with E-state index in [0.29, 0.717) is 5.56 Å². The molecule has 0 aliphatic heterocycles. The highest BCUT2D eigenvalue weighted by Gasteiger charge is 2.26. The molecule has 1 heterocycles. The van der Waals surface area contributed by atoms with Crippen LogP contribution in [-0.2, 0) is 4.79 Å². The molecule has 0 fully saturated rings. The smallest absolute Gasteiger partial charge is 0.405 e. The summed E-state index contributed by atoms with van der Waals surface area (Å²) in [4.78, 5) is 47.5. The van der Waals surface area contributed by atoms with Gasteiger partial charge in [-0.1, -0.05) is 30.3 Å². The number of benzene rings is 1. The molecule has 2 rings (SSSR count). The summed E-state index contributed by atoms with van der Waals surface area (Å²) in [6, 6.07) is 9.53. The van der Waals surface area contributed by atoms with Crippen molar-refractivity contribution in [2.45, 2.75) is 25.9 Å². The molecule has 9 nitrogen and oxygen atoms in total. The van der Waals surface area contributed by atoms with Crippen molar-refractivity contribution in [1.82, 2.24) is 20.4 Å². The van der Waals surface area contributed by atoms with Gasteiger partial charge < -0.3 is 15.7 Å². The molecule has 0 aliphatic rings. The molecule has 9 heteroatoms. The Bertz CT molecular complexity index is 892. The largest absolute Gasteiger partial charge is 0.465 e. The van der Waals surface area contributed by atoms with E-state index in [-0.39, 0.29) is 17.3 Å². The molecule has 3 N–H and O–H groups in total. The number of amides is 2. The normalized spacial score (nSPS) is 11.7. The third-order valence-electron chi connectivity index (χ3n) is 3.66. The fourth-order valence-electron chi connectivity index (χ4n) is 2.37. The van der Waals surface area contributed by atoms with Crippen molar-refractivity contribution in [3.8, 4) is 0 Å². The lowest BCUT2D eigenvalue weighted by atomic mass is 10.0. The van der Waals surface area contributed by atoms with Crippen molar-refractivity contribution < 1.29 is 19.5 Å². The molecular formula is C18H20N4O5. The maximum Gasteiger partial charge on any atom is 0.405 e. The Morgan fingerprint density at radius 2 is 1.78 bits per heavy atom. The van der Waals surface area contributed by atoms with Crippen LogP contribution in [0.2, 0.25) is 0 Å². The van der Waals surface area contributed by atoms with Crippen molar-refractivity contribution >= 4 is 17.8 Å². The molecule has 0 saturated carbocycles. The summed E-state index contributed by atoms with van der Waals surface area (Å²) in [7, 11) is 0. The quantitative estimate of drug-likeness (QED) is 0.625. The lowest BCUT2D eigenvalue weighted by Gasteiger charge is -2.19. The molecule has 1 unspecified atom stereocenters. The predicted octanol–water partition coefficient (Wildman–Crippen LogP) is 1.13. The maximum atomic E-state index is 12.9. The average molecular weight is 372 g/mol. The zero-order chi connectivity index (χ0) is 20.0. The molecule has 0 radical (unpaired) electrons. The monoisotopic (exact) mass is 372 g/mol. The molecule has 2 aromatic rings. The zero-order valence-corrected chi connectivity index (χ0v) is 14.9. The van der Waals surface area contributed by atoms with Gasteiger partial charge in [0, 0.05) is 11.6 Å². The van der Waals surface area contributed by atoms with Crippen LogP contribution in [-0.4, -0.2) is 39.2 Å². The minimum atomic E-state index is -1.36. The SMILES string of the molecule is CC(C)n1nc(C(NC(=O)CNC(=O)O)C(=O)c2ccccc2)ccc1=O. The van der Waals surface area contributed by atoms with E-state index in [1.807, 2.05) is 5.32 Å². The fraction of sp³-hybridized carbons (Fsp3) is 0.278. The molecular weight excluding hydrogens is 352 g/mol. The third-order valence-corrected chi connectivity index (χ3v) is 3.66. The molecule has 1 aromatic heterocycles. The summed E-state index contributed by atoms with van der Waals surface area (Å²) in [5.41, 5.74) is 0.192. The number of carboxylic acid groups (broad SMARTS) is 1.